The molecule has 262 valence electrons. The third-order valence-corrected chi connectivity index (χ3v) is 9.41. The van der Waals surface area contributed by atoms with E-state index in [1.165, 1.54) is 0 Å². The average molecular weight is 680 g/mol. The van der Waals surface area contributed by atoms with E-state index < -0.39 is 23.5 Å². The Labute approximate surface area is 293 Å². The fourth-order valence-corrected chi connectivity index (χ4v) is 6.97. The lowest BCUT2D eigenvalue weighted by atomic mass is 9.87. The van der Waals surface area contributed by atoms with E-state index in [1.54, 1.807) is 11.8 Å². The average Bonchev–Trinajstić information content (AvgIpc) is 3.33. The van der Waals surface area contributed by atoms with Crippen molar-refractivity contribution in [1.82, 2.24) is 15.1 Å². The largest absolute Gasteiger partial charge is 0.490 e. The molecule has 1 N–H and O–H groups in total. The molecule has 10 heteroatoms. The number of benzene rings is 4. The number of nitrogens with zero attached hydrogens (tertiary/aromatic N) is 2. The van der Waals surface area contributed by atoms with Crippen molar-refractivity contribution in [3.8, 4) is 23.0 Å². The fraction of sp³-hybridized carbons (Fsp3) is 0.375. The first-order valence-electron chi connectivity index (χ1n) is 17.4. The highest BCUT2D eigenvalue weighted by Gasteiger charge is 2.50. The minimum absolute atomic E-state index is 0.324. The number of carbonyl (C=O) groups is 3. The van der Waals surface area contributed by atoms with Gasteiger partial charge in [0.25, 0.3) is 5.91 Å². The Morgan fingerprint density at radius 1 is 0.780 bits per heavy atom. The number of fused-ring (bicyclic) bond motifs is 2. The van der Waals surface area contributed by atoms with Gasteiger partial charge in [-0.1, -0.05) is 42.5 Å². The molecule has 4 aromatic carbocycles. The minimum atomic E-state index is -1.31. The zero-order chi connectivity index (χ0) is 35.4. The molecule has 0 spiro atoms. The van der Waals surface area contributed by atoms with Crippen LogP contribution in [0.3, 0.4) is 0 Å². The van der Waals surface area contributed by atoms with Gasteiger partial charge >= 0.3 is 6.03 Å². The molecule has 4 amide bonds. The van der Waals surface area contributed by atoms with Crippen molar-refractivity contribution in [1.29, 1.82) is 0 Å². The Kier molecular flexibility index (Phi) is 10.2. The smallest absolute Gasteiger partial charge is 0.325 e. The molecule has 0 aromatic heterocycles. The lowest BCUT2D eigenvalue weighted by molar-refractivity contribution is -0.140. The predicted molar refractivity (Wildman–Crippen MR) is 191 cm³/mol. The third-order valence-electron chi connectivity index (χ3n) is 9.41. The summed E-state index contributed by atoms with van der Waals surface area (Å²) in [5, 5.41) is 4.86. The Balaban J connectivity index is 1.32. The highest BCUT2D eigenvalue weighted by Crippen LogP contribution is 2.41. The van der Waals surface area contributed by atoms with Gasteiger partial charge in [-0.3, -0.25) is 14.5 Å². The number of imide groups is 1. The first-order chi connectivity index (χ1) is 24.2. The van der Waals surface area contributed by atoms with Gasteiger partial charge in [0.2, 0.25) is 5.91 Å². The zero-order valence-electron chi connectivity index (χ0n) is 29.4. The summed E-state index contributed by atoms with van der Waals surface area (Å²) in [4.78, 5) is 44.5. The van der Waals surface area contributed by atoms with Crippen LogP contribution < -0.4 is 24.3 Å². The number of ether oxygens (including phenoxy) is 4. The summed E-state index contributed by atoms with van der Waals surface area (Å²) in [5.41, 5.74) is 2.28. The number of hydrogen-bond acceptors (Lipinski definition) is 7. The van der Waals surface area contributed by atoms with E-state index in [2.05, 4.69) is 5.32 Å². The van der Waals surface area contributed by atoms with Crippen LogP contribution in [0.5, 0.6) is 23.0 Å². The van der Waals surface area contributed by atoms with Crippen molar-refractivity contribution in [3.63, 3.8) is 0 Å². The monoisotopic (exact) mass is 679 g/mol. The van der Waals surface area contributed by atoms with E-state index >= 15 is 0 Å². The summed E-state index contributed by atoms with van der Waals surface area (Å²) in [6.45, 7) is 11.3. The van der Waals surface area contributed by atoms with Gasteiger partial charge in [0.1, 0.15) is 12.1 Å². The number of carbonyl (C=O) groups excluding carboxylic acids is 3. The Morgan fingerprint density at radius 3 is 2.12 bits per heavy atom. The first kappa shape index (κ1) is 34.6. The maximum Gasteiger partial charge on any atom is 0.325 e. The van der Waals surface area contributed by atoms with Gasteiger partial charge in [0.15, 0.2) is 23.0 Å². The summed E-state index contributed by atoms with van der Waals surface area (Å²) in [7, 11) is 0. The van der Waals surface area contributed by atoms with Crippen molar-refractivity contribution >= 4 is 28.6 Å². The second kappa shape index (κ2) is 14.7. The Bertz CT molecular complexity index is 1910. The van der Waals surface area contributed by atoms with Crippen molar-refractivity contribution in [2.45, 2.75) is 59.0 Å². The number of amides is 4. The molecular formula is C40H45N3O7. The molecule has 0 bridgehead atoms. The van der Waals surface area contributed by atoms with Crippen molar-refractivity contribution in [2.75, 3.05) is 39.5 Å². The standard InChI is InChI=1S/C40H45N3O7/c1-6-47-33-17-14-26(21-34(33)48-7-2)20-32-31-24-36(50-9-4)35(49-8-3)23-29(31)18-19-42(32)37(44)25-43-38(45)40(5,41-39(43)46)30-16-15-27-12-10-11-13-28(27)22-30/h10-17,21-24,32H,6-9,18-20,25H2,1-5H3,(H,41,46)/t32-,40+/m1/s1. The van der Waals surface area contributed by atoms with E-state index in [0.29, 0.717) is 74.4 Å². The first-order valence-corrected chi connectivity index (χ1v) is 17.4. The highest BCUT2D eigenvalue weighted by molar-refractivity contribution is 6.09. The van der Waals surface area contributed by atoms with Gasteiger partial charge in [0.05, 0.1) is 32.5 Å². The zero-order valence-corrected chi connectivity index (χ0v) is 29.4. The molecule has 4 aromatic rings. The maximum absolute atomic E-state index is 14.3. The summed E-state index contributed by atoms with van der Waals surface area (Å²) in [6.07, 6.45) is 1.03. The van der Waals surface area contributed by atoms with E-state index in [1.807, 2.05) is 100 Å². The number of rotatable bonds is 13. The quantitative estimate of drug-likeness (QED) is 0.159. The molecule has 6 rings (SSSR count). The van der Waals surface area contributed by atoms with Gasteiger partial charge in [-0.15, -0.1) is 0 Å². The predicted octanol–water partition coefficient (Wildman–Crippen LogP) is 6.57. The maximum atomic E-state index is 14.3. The molecule has 50 heavy (non-hydrogen) atoms. The van der Waals surface area contributed by atoms with Gasteiger partial charge in [-0.05, 0) is 111 Å². The summed E-state index contributed by atoms with van der Waals surface area (Å²) >= 11 is 0. The lowest BCUT2D eigenvalue weighted by Crippen LogP contribution is -2.48. The van der Waals surface area contributed by atoms with Gasteiger partial charge < -0.3 is 29.2 Å². The minimum Gasteiger partial charge on any atom is -0.490 e. The van der Waals surface area contributed by atoms with Crippen LogP contribution in [-0.2, 0) is 28.0 Å². The fourth-order valence-electron chi connectivity index (χ4n) is 6.97. The van der Waals surface area contributed by atoms with E-state index in [-0.39, 0.29) is 12.5 Å². The molecule has 1 fully saturated rings. The molecule has 10 nitrogen and oxygen atoms in total. The molecule has 0 aliphatic carbocycles. The number of hydrogen-bond donors (Lipinski definition) is 1. The van der Waals surface area contributed by atoms with Gasteiger partial charge in [0, 0.05) is 6.54 Å². The normalized spacial score (nSPS) is 18.5. The molecule has 0 radical (unpaired) electrons. The van der Waals surface area contributed by atoms with Crippen molar-refractivity contribution in [3.05, 3.63) is 95.1 Å². The summed E-state index contributed by atoms with van der Waals surface area (Å²) < 4.78 is 23.6. The van der Waals surface area contributed by atoms with E-state index in [9.17, 15) is 14.4 Å². The molecule has 2 heterocycles. The Hall–Kier alpha value is -5.25. The topological polar surface area (TPSA) is 107 Å². The van der Waals surface area contributed by atoms with Gasteiger partial charge in [-0.2, -0.15) is 0 Å². The molecule has 0 unspecified atom stereocenters. The molecular weight excluding hydrogens is 634 g/mol. The second-order valence-electron chi connectivity index (χ2n) is 12.6. The SMILES string of the molecule is CCOc1ccc(C[C@@H]2c3cc(OCC)c(OCC)cc3CCN2C(=O)CN2C(=O)N[C@@](C)(c3ccc4ccccc4c3)C2=O)cc1OCC. The van der Waals surface area contributed by atoms with Crippen LogP contribution in [-0.4, -0.2) is 67.2 Å². The molecule has 2 atom stereocenters. The van der Waals surface area contributed by atoms with Crippen LogP contribution in [0, 0.1) is 0 Å². The van der Waals surface area contributed by atoms with Crippen LogP contribution >= 0.6 is 0 Å². The summed E-state index contributed by atoms with van der Waals surface area (Å²) in [5.74, 6) is 1.77. The van der Waals surface area contributed by atoms with Crippen LogP contribution in [0.15, 0.2) is 72.8 Å². The Morgan fingerprint density at radius 2 is 1.42 bits per heavy atom. The van der Waals surface area contributed by atoms with Crippen LogP contribution in [0.2, 0.25) is 0 Å². The highest BCUT2D eigenvalue weighted by atomic mass is 16.5. The van der Waals surface area contributed by atoms with E-state index in [0.717, 1.165) is 32.4 Å². The summed E-state index contributed by atoms with van der Waals surface area (Å²) in [6, 6.07) is 22.3. The van der Waals surface area contributed by atoms with Crippen LogP contribution in [0.4, 0.5) is 4.79 Å². The number of nitrogens with one attached hydrogen (secondary N) is 1. The van der Waals surface area contributed by atoms with Crippen LogP contribution in [0.1, 0.15) is 62.9 Å². The molecule has 0 saturated carbocycles. The van der Waals surface area contributed by atoms with Crippen molar-refractivity contribution < 1.29 is 33.3 Å². The lowest BCUT2D eigenvalue weighted by Gasteiger charge is -2.38. The molecule has 2 aliphatic heterocycles. The van der Waals surface area contributed by atoms with Gasteiger partial charge in [-0.25, -0.2) is 4.79 Å². The van der Waals surface area contributed by atoms with Crippen molar-refractivity contribution in [2.24, 2.45) is 0 Å². The second-order valence-corrected chi connectivity index (χ2v) is 12.6. The third kappa shape index (κ3) is 6.66. The number of urea groups is 1. The van der Waals surface area contributed by atoms with Crippen LogP contribution in [0.25, 0.3) is 10.8 Å². The molecule has 1 saturated heterocycles. The molecule has 2 aliphatic rings. The van der Waals surface area contributed by atoms with E-state index in [4.69, 9.17) is 18.9 Å².